The van der Waals surface area contributed by atoms with Crippen LogP contribution in [0.15, 0.2) is 82.4 Å². The highest BCUT2D eigenvalue weighted by Gasteiger charge is 2.19. The van der Waals surface area contributed by atoms with Gasteiger partial charge in [-0.1, -0.05) is 64.5 Å². The van der Waals surface area contributed by atoms with Crippen LogP contribution < -0.4 is 10.7 Å². The second-order valence-electron chi connectivity index (χ2n) is 6.63. The van der Waals surface area contributed by atoms with Crippen molar-refractivity contribution in [2.24, 2.45) is 5.10 Å². The van der Waals surface area contributed by atoms with E-state index in [2.05, 4.69) is 31.8 Å². The minimum Gasteiger partial charge on any atom is -0.506 e. The summed E-state index contributed by atoms with van der Waals surface area (Å²) in [6, 6.07) is 21.1. The lowest BCUT2D eigenvalue weighted by Crippen LogP contribution is -2.32. The molecule has 0 saturated carbocycles. The number of hydrogen-bond donors (Lipinski definition) is 3. The normalized spacial score (nSPS) is 11.8. The number of carbonyl (C=O) groups excluding carboxylic acids is 2. The SMILES string of the molecule is O=C(C[C@@H](NC(=O)c1ccccc1)c1ccccc1)N/N=C\c1cc(Br)cc(I)c1O. The number of carbonyl (C=O) groups is 2. The van der Waals surface area contributed by atoms with Crippen LogP contribution in [0.25, 0.3) is 0 Å². The fourth-order valence-corrected chi connectivity index (χ4v) is 4.41. The van der Waals surface area contributed by atoms with E-state index < -0.39 is 6.04 Å². The van der Waals surface area contributed by atoms with Gasteiger partial charge in [-0.2, -0.15) is 5.10 Å². The van der Waals surface area contributed by atoms with Crippen molar-refractivity contribution in [3.63, 3.8) is 0 Å². The molecule has 3 rings (SSSR count). The molecule has 0 heterocycles. The van der Waals surface area contributed by atoms with E-state index in [9.17, 15) is 14.7 Å². The lowest BCUT2D eigenvalue weighted by atomic mass is 10.0. The molecule has 3 N–H and O–H groups in total. The van der Waals surface area contributed by atoms with Gasteiger partial charge in [0.1, 0.15) is 5.75 Å². The molecule has 0 aromatic heterocycles. The number of hydrogen-bond acceptors (Lipinski definition) is 4. The minimum atomic E-state index is -0.524. The molecule has 1 atom stereocenters. The number of amides is 2. The maximum atomic E-state index is 12.6. The highest BCUT2D eigenvalue weighted by molar-refractivity contribution is 14.1. The van der Waals surface area contributed by atoms with Crippen molar-refractivity contribution in [2.45, 2.75) is 12.5 Å². The lowest BCUT2D eigenvalue weighted by molar-refractivity contribution is -0.121. The summed E-state index contributed by atoms with van der Waals surface area (Å²) in [6.45, 7) is 0. The van der Waals surface area contributed by atoms with Gasteiger partial charge in [0.15, 0.2) is 0 Å². The Morgan fingerprint density at radius 2 is 1.71 bits per heavy atom. The standard InChI is InChI=1S/C23H19BrIN3O3/c24-18-11-17(22(30)19(25)12-18)14-26-28-21(29)13-20(15-7-3-1-4-8-15)27-23(31)16-9-5-2-6-10-16/h1-12,14,20,30H,13H2,(H,27,31)(H,28,29)/b26-14-/t20-/m1/s1. The number of nitrogens with zero attached hydrogens (tertiary/aromatic N) is 1. The number of phenolic OH excluding ortho intramolecular Hbond substituents is 1. The number of rotatable bonds is 7. The van der Waals surface area contributed by atoms with Crippen LogP contribution >= 0.6 is 38.5 Å². The van der Waals surface area contributed by atoms with Gasteiger partial charge in [-0.05, 0) is 52.4 Å². The van der Waals surface area contributed by atoms with Crippen molar-refractivity contribution in [1.29, 1.82) is 0 Å². The summed E-state index contributed by atoms with van der Waals surface area (Å²) in [5.41, 5.74) is 4.26. The number of halogens is 2. The third-order valence-electron chi connectivity index (χ3n) is 4.38. The van der Waals surface area contributed by atoms with E-state index in [0.29, 0.717) is 14.7 Å². The van der Waals surface area contributed by atoms with E-state index in [1.165, 1.54) is 6.21 Å². The molecule has 0 fully saturated rings. The maximum absolute atomic E-state index is 12.6. The topological polar surface area (TPSA) is 90.8 Å². The Bertz CT molecular complexity index is 1090. The molecule has 158 valence electrons. The van der Waals surface area contributed by atoms with Crippen LogP contribution in [0, 0.1) is 3.57 Å². The van der Waals surface area contributed by atoms with Crippen molar-refractivity contribution in [1.82, 2.24) is 10.7 Å². The number of hydrazone groups is 1. The van der Waals surface area contributed by atoms with Gasteiger partial charge in [0, 0.05) is 15.6 Å². The van der Waals surface area contributed by atoms with Crippen LogP contribution in [-0.4, -0.2) is 23.1 Å². The number of nitrogens with one attached hydrogen (secondary N) is 2. The van der Waals surface area contributed by atoms with Crippen LogP contribution in [-0.2, 0) is 4.79 Å². The molecule has 6 nitrogen and oxygen atoms in total. The Morgan fingerprint density at radius 1 is 1.06 bits per heavy atom. The molecule has 0 aliphatic rings. The molecule has 0 saturated heterocycles. The van der Waals surface area contributed by atoms with Gasteiger partial charge in [-0.3, -0.25) is 9.59 Å². The zero-order valence-corrected chi connectivity index (χ0v) is 20.0. The molecular formula is C23H19BrIN3O3. The monoisotopic (exact) mass is 591 g/mol. The molecule has 8 heteroatoms. The van der Waals surface area contributed by atoms with Crippen molar-refractivity contribution in [2.75, 3.05) is 0 Å². The predicted octanol–water partition coefficient (Wildman–Crippen LogP) is 4.77. The van der Waals surface area contributed by atoms with E-state index in [4.69, 9.17) is 0 Å². The summed E-state index contributed by atoms with van der Waals surface area (Å²) in [7, 11) is 0. The first-order chi connectivity index (χ1) is 14.9. The second-order valence-corrected chi connectivity index (χ2v) is 8.70. The number of aromatic hydroxyl groups is 1. The van der Waals surface area contributed by atoms with Crippen LogP contribution in [0.1, 0.15) is 33.9 Å². The number of phenols is 1. The molecule has 3 aromatic carbocycles. The van der Waals surface area contributed by atoms with E-state index in [-0.39, 0.29) is 24.0 Å². The largest absolute Gasteiger partial charge is 0.506 e. The minimum absolute atomic E-state index is 0.00191. The van der Waals surface area contributed by atoms with Gasteiger partial charge in [0.25, 0.3) is 5.91 Å². The first kappa shape index (κ1) is 23.0. The zero-order chi connectivity index (χ0) is 22.2. The van der Waals surface area contributed by atoms with Crippen LogP contribution in [0.2, 0.25) is 0 Å². The number of benzene rings is 3. The van der Waals surface area contributed by atoms with Gasteiger partial charge in [0.2, 0.25) is 5.91 Å². The molecule has 0 radical (unpaired) electrons. The van der Waals surface area contributed by atoms with E-state index >= 15 is 0 Å². The summed E-state index contributed by atoms with van der Waals surface area (Å²) in [4.78, 5) is 25.1. The van der Waals surface area contributed by atoms with Gasteiger partial charge >= 0.3 is 0 Å². The van der Waals surface area contributed by atoms with Crippen molar-refractivity contribution >= 4 is 56.5 Å². The Kier molecular flexibility index (Phi) is 8.19. The van der Waals surface area contributed by atoms with Crippen molar-refractivity contribution < 1.29 is 14.7 Å². The molecular weight excluding hydrogens is 573 g/mol. The van der Waals surface area contributed by atoms with Crippen LogP contribution in [0.3, 0.4) is 0 Å². The molecule has 3 aromatic rings. The molecule has 0 bridgehead atoms. The molecule has 0 unspecified atom stereocenters. The van der Waals surface area contributed by atoms with Crippen molar-refractivity contribution in [3.8, 4) is 5.75 Å². The summed E-state index contributed by atoms with van der Waals surface area (Å²) in [5.74, 6) is -0.555. The van der Waals surface area contributed by atoms with Crippen LogP contribution in [0.4, 0.5) is 0 Å². The average molecular weight is 592 g/mol. The smallest absolute Gasteiger partial charge is 0.251 e. The Hall–Kier alpha value is -2.72. The van der Waals surface area contributed by atoms with Gasteiger partial charge in [-0.25, -0.2) is 5.43 Å². The second kappa shape index (κ2) is 11.1. The maximum Gasteiger partial charge on any atom is 0.251 e. The first-order valence-corrected chi connectivity index (χ1v) is 11.2. The predicted molar refractivity (Wildman–Crippen MR) is 132 cm³/mol. The summed E-state index contributed by atoms with van der Waals surface area (Å²) in [5, 5.41) is 17.0. The van der Waals surface area contributed by atoms with E-state index in [1.54, 1.807) is 36.4 Å². The Morgan fingerprint density at radius 3 is 2.39 bits per heavy atom. The quantitative estimate of drug-likeness (QED) is 0.210. The molecule has 2 amide bonds. The Labute approximate surface area is 202 Å². The fraction of sp³-hybridized carbons (Fsp3) is 0.0870. The van der Waals surface area contributed by atoms with Gasteiger partial charge < -0.3 is 10.4 Å². The highest BCUT2D eigenvalue weighted by atomic mass is 127. The molecule has 0 aliphatic heterocycles. The van der Waals surface area contributed by atoms with E-state index in [0.717, 1.165) is 10.0 Å². The van der Waals surface area contributed by atoms with Crippen molar-refractivity contribution in [3.05, 3.63) is 97.5 Å². The van der Waals surface area contributed by atoms with E-state index in [1.807, 2.05) is 59.0 Å². The van der Waals surface area contributed by atoms with Gasteiger partial charge in [-0.15, -0.1) is 0 Å². The third kappa shape index (κ3) is 6.63. The molecule has 0 spiro atoms. The first-order valence-electron chi connectivity index (χ1n) is 9.35. The highest BCUT2D eigenvalue weighted by Crippen LogP contribution is 2.27. The third-order valence-corrected chi connectivity index (χ3v) is 5.66. The van der Waals surface area contributed by atoms with Crippen LogP contribution in [0.5, 0.6) is 5.75 Å². The summed E-state index contributed by atoms with van der Waals surface area (Å²) < 4.78 is 1.45. The molecule has 0 aliphatic carbocycles. The zero-order valence-electron chi connectivity index (χ0n) is 16.3. The van der Waals surface area contributed by atoms with Gasteiger partial charge in [0.05, 0.1) is 22.2 Å². The average Bonchev–Trinajstić information content (AvgIpc) is 2.77. The Balaban J connectivity index is 1.69. The summed E-state index contributed by atoms with van der Waals surface area (Å²) in [6.07, 6.45) is 1.38. The summed E-state index contributed by atoms with van der Waals surface area (Å²) >= 11 is 5.37. The molecule has 31 heavy (non-hydrogen) atoms. The lowest BCUT2D eigenvalue weighted by Gasteiger charge is -2.18. The fourth-order valence-electron chi connectivity index (χ4n) is 2.86.